The van der Waals surface area contributed by atoms with Crippen molar-refractivity contribution in [3.05, 3.63) is 68.8 Å². The number of halogens is 5. The van der Waals surface area contributed by atoms with Gasteiger partial charge in [-0.2, -0.15) is 21.6 Å². The fourth-order valence-corrected chi connectivity index (χ4v) is 3.77. The Balaban J connectivity index is 2.20. The van der Waals surface area contributed by atoms with Crippen LogP contribution < -0.4 is 4.18 Å². The van der Waals surface area contributed by atoms with Crippen molar-refractivity contribution in [2.24, 2.45) is 0 Å². The molecule has 0 N–H and O–H groups in total. The molecule has 0 spiro atoms. The summed E-state index contributed by atoms with van der Waals surface area (Å²) in [4.78, 5) is 4.39. The summed E-state index contributed by atoms with van der Waals surface area (Å²) in [7, 11) is -5.84. The normalized spacial score (nSPS) is 12.4. The van der Waals surface area contributed by atoms with Crippen LogP contribution in [0.25, 0.3) is 10.9 Å². The van der Waals surface area contributed by atoms with Gasteiger partial charge in [-0.3, -0.25) is 4.98 Å². The quantitative estimate of drug-likeness (QED) is 0.352. The van der Waals surface area contributed by atoms with E-state index in [9.17, 15) is 21.6 Å². The monoisotopic (exact) mass is 463 g/mol. The van der Waals surface area contributed by atoms with E-state index in [0.717, 1.165) is 17.2 Å². The summed E-state index contributed by atoms with van der Waals surface area (Å²) in [5.41, 5.74) is -2.64. The van der Waals surface area contributed by atoms with Crippen molar-refractivity contribution in [1.82, 2.24) is 4.98 Å². The van der Waals surface area contributed by atoms with Gasteiger partial charge in [0.1, 0.15) is 0 Å². The molecule has 3 aromatic rings. The van der Waals surface area contributed by atoms with Crippen LogP contribution in [0.5, 0.6) is 5.75 Å². The first-order valence-electron chi connectivity index (χ1n) is 8.24. The smallest absolute Gasteiger partial charge is 0.375 e. The zero-order valence-electron chi connectivity index (χ0n) is 15.1. The summed E-state index contributed by atoms with van der Waals surface area (Å²) in [5.74, 6) is -0.482. The zero-order chi connectivity index (χ0) is 21.6. The topological polar surface area (TPSA) is 56.3 Å². The molecule has 0 atom stereocenters. The fraction of sp³-hybridized carbons (Fsp3) is 0.211. The molecule has 0 aliphatic carbocycles. The second-order valence-electron chi connectivity index (χ2n) is 6.36. The zero-order valence-corrected chi connectivity index (χ0v) is 17.5. The summed E-state index contributed by atoms with van der Waals surface area (Å²) in [6.07, 6.45) is 0.412. The van der Waals surface area contributed by atoms with E-state index in [-0.39, 0.29) is 15.9 Å². The third-order valence-electron chi connectivity index (χ3n) is 4.41. The van der Waals surface area contributed by atoms with Gasteiger partial charge in [-0.25, -0.2) is 0 Å². The van der Waals surface area contributed by atoms with Gasteiger partial charge in [0.05, 0.1) is 10.5 Å². The summed E-state index contributed by atoms with van der Waals surface area (Å²) < 4.78 is 65.8. The predicted octanol–water partition coefficient (Wildman–Crippen LogP) is 5.98. The molecule has 0 saturated heterocycles. The molecular weight excluding hydrogens is 450 g/mol. The van der Waals surface area contributed by atoms with E-state index in [2.05, 4.69) is 9.17 Å². The number of benzene rings is 2. The Kier molecular flexibility index (Phi) is 5.73. The van der Waals surface area contributed by atoms with Crippen LogP contribution in [0.1, 0.15) is 22.4 Å². The van der Waals surface area contributed by atoms with Crippen LogP contribution in [0.4, 0.5) is 13.2 Å². The van der Waals surface area contributed by atoms with Gasteiger partial charge in [0.2, 0.25) is 0 Å². The average molecular weight is 464 g/mol. The SMILES string of the molecule is Cc1nc2c(Cl)ccc(OS(=O)(=O)C(F)(F)F)c2c(C)c1Cc1ccc(Cl)cc1. The van der Waals surface area contributed by atoms with Gasteiger partial charge in [0, 0.05) is 16.1 Å². The van der Waals surface area contributed by atoms with Crippen LogP contribution >= 0.6 is 23.2 Å². The molecule has 1 heterocycles. The van der Waals surface area contributed by atoms with Crippen molar-refractivity contribution in [3.63, 3.8) is 0 Å². The highest BCUT2D eigenvalue weighted by Gasteiger charge is 2.48. The molecule has 0 aliphatic rings. The Labute approximate surface area is 175 Å². The first-order valence-corrected chi connectivity index (χ1v) is 10.4. The van der Waals surface area contributed by atoms with Crippen LogP contribution in [0.15, 0.2) is 36.4 Å². The highest BCUT2D eigenvalue weighted by molar-refractivity contribution is 7.88. The predicted molar refractivity (Wildman–Crippen MR) is 106 cm³/mol. The molecule has 29 heavy (non-hydrogen) atoms. The van der Waals surface area contributed by atoms with E-state index in [1.807, 2.05) is 12.1 Å². The van der Waals surface area contributed by atoms with Crippen LogP contribution in [0.3, 0.4) is 0 Å². The van der Waals surface area contributed by atoms with Gasteiger partial charge < -0.3 is 4.18 Å². The summed E-state index contributed by atoms with van der Waals surface area (Å²) in [6.45, 7) is 3.40. The van der Waals surface area contributed by atoms with E-state index in [1.165, 1.54) is 6.07 Å². The first kappa shape index (κ1) is 21.7. The van der Waals surface area contributed by atoms with E-state index in [4.69, 9.17) is 23.2 Å². The number of alkyl halides is 3. The lowest BCUT2D eigenvalue weighted by Crippen LogP contribution is -2.28. The molecular formula is C19H14Cl2F3NO3S. The summed E-state index contributed by atoms with van der Waals surface area (Å²) >= 11 is 12.1. The van der Waals surface area contributed by atoms with Crippen LogP contribution in [-0.2, 0) is 16.5 Å². The second kappa shape index (κ2) is 7.66. The molecule has 10 heteroatoms. The maximum Gasteiger partial charge on any atom is 0.534 e. The first-order chi connectivity index (χ1) is 13.4. The summed E-state index contributed by atoms with van der Waals surface area (Å²) in [5, 5.41) is 0.847. The Morgan fingerprint density at radius 2 is 1.66 bits per heavy atom. The second-order valence-corrected chi connectivity index (χ2v) is 8.74. The van der Waals surface area contributed by atoms with Crippen LogP contribution in [-0.4, -0.2) is 18.9 Å². The summed E-state index contributed by atoms with van der Waals surface area (Å²) in [6, 6.07) is 9.40. The minimum absolute atomic E-state index is 0.111. The number of fused-ring (bicyclic) bond motifs is 1. The average Bonchev–Trinajstić information content (AvgIpc) is 2.61. The van der Waals surface area contributed by atoms with E-state index in [0.29, 0.717) is 22.7 Å². The minimum Gasteiger partial charge on any atom is -0.375 e. The fourth-order valence-electron chi connectivity index (χ4n) is 2.98. The Morgan fingerprint density at radius 3 is 2.24 bits per heavy atom. The van der Waals surface area contributed by atoms with Crippen molar-refractivity contribution in [1.29, 1.82) is 0 Å². The molecule has 0 radical (unpaired) electrons. The number of aryl methyl sites for hydroxylation is 2. The lowest BCUT2D eigenvalue weighted by molar-refractivity contribution is -0.0499. The third-order valence-corrected chi connectivity index (χ3v) is 5.93. The van der Waals surface area contributed by atoms with Crippen LogP contribution in [0, 0.1) is 13.8 Å². The molecule has 0 fully saturated rings. The number of aromatic nitrogens is 1. The van der Waals surface area contributed by atoms with Gasteiger partial charge >= 0.3 is 15.6 Å². The lowest BCUT2D eigenvalue weighted by atomic mass is 9.96. The Bertz CT molecular complexity index is 1190. The van der Waals surface area contributed by atoms with Gasteiger partial charge in [0.25, 0.3) is 0 Å². The van der Waals surface area contributed by atoms with Crippen molar-refractivity contribution in [3.8, 4) is 5.75 Å². The number of hydrogen-bond acceptors (Lipinski definition) is 4. The molecule has 3 rings (SSSR count). The molecule has 0 unspecified atom stereocenters. The van der Waals surface area contributed by atoms with Crippen molar-refractivity contribution < 1.29 is 25.8 Å². The molecule has 2 aromatic carbocycles. The molecule has 4 nitrogen and oxygen atoms in total. The molecule has 0 aliphatic heterocycles. The molecule has 0 amide bonds. The van der Waals surface area contributed by atoms with Crippen molar-refractivity contribution in [2.45, 2.75) is 25.8 Å². The van der Waals surface area contributed by atoms with Crippen molar-refractivity contribution in [2.75, 3.05) is 0 Å². The molecule has 0 saturated carbocycles. The Morgan fingerprint density at radius 1 is 1.03 bits per heavy atom. The maximum atomic E-state index is 12.8. The number of rotatable bonds is 4. The number of hydrogen-bond donors (Lipinski definition) is 0. The van der Waals surface area contributed by atoms with E-state index in [1.54, 1.807) is 26.0 Å². The Hall–Kier alpha value is -2.03. The largest absolute Gasteiger partial charge is 0.534 e. The van der Waals surface area contributed by atoms with E-state index >= 15 is 0 Å². The van der Waals surface area contributed by atoms with Gasteiger partial charge in [-0.1, -0.05) is 35.3 Å². The lowest BCUT2D eigenvalue weighted by Gasteiger charge is -2.17. The number of pyridine rings is 1. The highest BCUT2D eigenvalue weighted by atomic mass is 35.5. The van der Waals surface area contributed by atoms with Gasteiger partial charge in [0.15, 0.2) is 5.75 Å². The molecule has 0 bridgehead atoms. The standard InChI is InChI=1S/C19H14Cl2F3NO3S/c1-10-14(9-12-3-5-13(20)6-4-12)11(2)25-18-15(21)7-8-16(17(10)18)28-29(26,27)19(22,23)24/h3-8H,9H2,1-2H3. The molecule has 1 aromatic heterocycles. The minimum atomic E-state index is -5.84. The van der Waals surface area contributed by atoms with Gasteiger partial charge in [-0.15, -0.1) is 0 Å². The highest BCUT2D eigenvalue weighted by Crippen LogP contribution is 2.38. The third kappa shape index (κ3) is 4.29. The number of nitrogens with zero attached hydrogens (tertiary/aromatic N) is 1. The maximum absolute atomic E-state index is 12.8. The van der Waals surface area contributed by atoms with Gasteiger partial charge in [-0.05, 0) is 61.2 Å². The van der Waals surface area contributed by atoms with Crippen LogP contribution in [0.2, 0.25) is 10.0 Å². The van der Waals surface area contributed by atoms with E-state index < -0.39 is 21.4 Å². The van der Waals surface area contributed by atoms with Crippen molar-refractivity contribution >= 4 is 44.2 Å². The molecule has 154 valence electrons.